The number of aromatic nitrogens is 1. The topological polar surface area (TPSA) is 58.4 Å². The average Bonchev–Trinajstić information content (AvgIpc) is 2.82. The summed E-state index contributed by atoms with van der Waals surface area (Å²) in [6.45, 7) is 6.74. The van der Waals surface area contributed by atoms with Crippen molar-refractivity contribution in [3.8, 4) is 0 Å². The molecule has 1 aromatic rings. The van der Waals surface area contributed by atoms with Gasteiger partial charge in [-0.2, -0.15) is 0 Å². The molecule has 0 spiro atoms. The van der Waals surface area contributed by atoms with Crippen molar-refractivity contribution in [2.24, 2.45) is 5.92 Å². The molecule has 1 aliphatic rings. The second-order valence-corrected chi connectivity index (χ2v) is 6.02. The number of amides is 1. The van der Waals surface area contributed by atoms with E-state index >= 15 is 0 Å². The van der Waals surface area contributed by atoms with Crippen molar-refractivity contribution in [1.29, 1.82) is 0 Å². The third kappa shape index (κ3) is 4.99. The number of hydrogen-bond acceptors (Lipinski definition) is 4. The molecule has 2 rings (SSSR count). The van der Waals surface area contributed by atoms with E-state index in [1.807, 2.05) is 25.8 Å². The smallest absolute Gasteiger partial charge is 0.222 e. The summed E-state index contributed by atoms with van der Waals surface area (Å²) in [6.07, 6.45) is 4.79. The number of carbonyl (C=O) groups is 1. The zero-order chi connectivity index (χ0) is 15.2. The van der Waals surface area contributed by atoms with Gasteiger partial charge in [0.1, 0.15) is 5.76 Å². The van der Waals surface area contributed by atoms with Crippen LogP contribution in [0.3, 0.4) is 0 Å². The normalized spacial score (nSPS) is 15.7. The van der Waals surface area contributed by atoms with E-state index in [1.165, 1.54) is 6.42 Å². The molecule has 0 aromatic carbocycles. The van der Waals surface area contributed by atoms with Gasteiger partial charge in [-0.15, -0.1) is 12.4 Å². The Balaban J connectivity index is 0.00000242. The number of likely N-dealkylation sites (tertiary alicyclic amines) is 1. The Morgan fingerprint density at radius 3 is 2.59 bits per heavy atom. The van der Waals surface area contributed by atoms with Crippen molar-refractivity contribution < 1.29 is 9.32 Å². The average molecular weight is 330 g/mol. The van der Waals surface area contributed by atoms with Gasteiger partial charge in [0.05, 0.1) is 5.69 Å². The fraction of sp³-hybridized carbons (Fsp3) is 0.750. The number of carbonyl (C=O) groups excluding carboxylic acids is 1. The van der Waals surface area contributed by atoms with E-state index in [9.17, 15) is 4.79 Å². The molecule has 0 aliphatic carbocycles. The number of rotatable bonds is 6. The molecule has 1 N–H and O–H groups in total. The highest BCUT2D eigenvalue weighted by Crippen LogP contribution is 2.21. The molecule has 0 unspecified atom stereocenters. The standard InChI is InChI=1S/C16H27N3O2.ClH/c1-12-15(13(2)21-18-12)4-5-16(20)19-10-7-14(8-11-19)6-9-17-3;/h14,17H,4-11H2,1-3H3;1H. The summed E-state index contributed by atoms with van der Waals surface area (Å²) in [5, 5.41) is 7.14. The minimum Gasteiger partial charge on any atom is -0.361 e. The van der Waals surface area contributed by atoms with Gasteiger partial charge in [0.2, 0.25) is 5.91 Å². The highest BCUT2D eigenvalue weighted by atomic mass is 35.5. The van der Waals surface area contributed by atoms with Crippen molar-refractivity contribution in [3.05, 3.63) is 17.0 Å². The molecule has 1 saturated heterocycles. The van der Waals surface area contributed by atoms with Gasteiger partial charge in [0, 0.05) is 25.1 Å². The maximum atomic E-state index is 12.3. The number of piperidine rings is 1. The largest absolute Gasteiger partial charge is 0.361 e. The molecule has 126 valence electrons. The van der Waals surface area contributed by atoms with Crippen LogP contribution in [0.4, 0.5) is 0 Å². The highest BCUT2D eigenvalue weighted by molar-refractivity contribution is 5.85. The Morgan fingerprint density at radius 1 is 1.36 bits per heavy atom. The van der Waals surface area contributed by atoms with Crippen LogP contribution in [0, 0.1) is 19.8 Å². The summed E-state index contributed by atoms with van der Waals surface area (Å²) in [4.78, 5) is 14.3. The maximum absolute atomic E-state index is 12.3. The predicted octanol–water partition coefficient (Wildman–Crippen LogP) is 2.49. The zero-order valence-electron chi connectivity index (χ0n) is 13.9. The molecule has 1 fully saturated rings. The van der Waals surface area contributed by atoms with Crippen LogP contribution in [0.5, 0.6) is 0 Å². The predicted molar refractivity (Wildman–Crippen MR) is 89.4 cm³/mol. The fourth-order valence-corrected chi connectivity index (χ4v) is 3.07. The molecule has 22 heavy (non-hydrogen) atoms. The van der Waals surface area contributed by atoms with Gasteiger partial charge in [-0.25, -0.2) is 0 Å². The van der Waals surface area contributed by atoms with Gasteiger partial charge in [0.25, 0.3) is 0 Å². The van der Waals surface area contributed by atoms with E-state index in [0.717, 1.165) is 61.8 Å². The monoisotopic (exact) mass is 329 g/mol. The molecule has 0 atom stereocenters. The maximum Gasteiger partial charge on any atom is 0.222 e. The number of nitrogens with zero attached hydrogens (tertiary/aromatic N) is 2. The van der Waals surface area contributed by atoms with Gasteiger partial charge in [0.15, 0.2) is 0 Å². The minimum atomic E-state index is 0. The van der Waals surface area contributed by atoms with Crippen LogP contribution in [0.15, 0.2) is 4.52 Å². The Labute approximate surface area is 139 Å². The lowest BCUT2D eigenvalue weighted by atomic mass is 9.93. The third-order valence-corrected chi connectivity index (χ3v) is 4.54. The van der Waals surface area contributed by atoms with Gasteiger partial charge in [-0.3, -0.25) is 4.79 Å². The zero-order valence-corrected chi connectivity index (χ0v) is 14.7. The summed E-state index contributed by atoms with van der Waals surface area (Å²) < 4.78 is 5.14. The number of aryl methyl sites for hydroxylation is 2. The summed E-state index contributed by atoms with van der Waals surface area (Å²) in [5.74, 6) is 1.87. The summed E-state index contributed by atoms with van der Waals surface area (Å²) in [7, 11) is 1.99. The molecule has 1 aliphatic heterocycles. The van der Waals surface area contributed by atoms with Crippen LogP contribution in [0.1, 0.15) is 42.7 Å². The molecule has 5 nitrogen and oxygen atoms in total. The summed E-state index contributed by atoms with van der Waals surface area (Å²) in [6, 6.07) is 0. The van der Waals surface area contributed by atoms with Gasteiger partial charge in [-0.1, -0.05) is 5.16 Å². The molecule has 0 radical (unpaired) electrons. The van der Waals surface area contributed by atoms with Crippen LogP contribution in [-0.4, -0.2) is 42.6 Å². The first-order chi connectivity index (χ1) is 10.1. The number of hydrogen-bond donors (Lipinski definition) is 1. The lowest BCUT2D eigenvalue weighted by Crippen LogP contribution is -2.39. The lowest BCUT2D eigenvalue weighted by molar-refractivity contribution is -0.132. The number of nitrogens with one attached hydrogen (secondary N) is 1. The van der Waals surface area contributed by atoms with Crippen molar-refractivity contribution in [2.45, 2.75) is 46.0 Å². The molecular formula is C16H28ClN3O2. The van der Waals surface area contributed by atoms with E-state index in [0.29, 0.717) is 6.42 Å². The molecular weight excluding hydrogens is 302 g/mol. The van der Waals surface area contributed by atoms with Crippen molar-refractivity contribution in [3.63, 3.8) is 0 Å². The Morgan fingerprint density at radius 2 is 2.05 bits per heavy atom. The van der Waals surface area contributed by atoms with E-state index < -0.39 is 0 Å². The third-order valence-electron chi connectivity index (χ3n) is 4.54. The lowest BCUT2D eigenvalue weighted by Gasteiger charge is -2.32. The number of halogens is 1. The van der Waals surface area contributed by atoms with Crippen LogP contribution in [0.2, 0.25) is 0 Å². The van der Waals surface area contributed by atoms with E-state index in [-0.39, 0.29) is 18.3 Å². The Bertz CT molecular complexity index is 448. The van der Waals surface area contributed by atoms with Crippen molar-refractivity contribution in [2.75, 3.05) is 26.7 Å². The molecule has 6 heteroatoms. The van der Waals surface area contributed by atoms with Crippen LogP contribution in [-0.2, 0) is 11.2 Å². The quantitative estimate of drug-likeness (QED) is 0.871. The Kier molecular flexibility index (Phi) is 7.90. The molecule has 0 saturated carbocycles. The Hall–Kier alpha value is -1.07. The van der Waals surface area contributed by atoms with Crippen LogP contribution in [0.25, 0.3) is 0 Å². The van der Waals surface area contributed by atoms with Crippen molar-refractivity contribution in [1.82, 2.24) is 15.4 Å². The van der Waals surface area contributed by atoms with Gasteiger partial charge < -0.3 is 14.7 Å². The fourth-order valence-electron chi connectivity index (χ4n) is 3.07. The highest BCUT2D eigenvalue weighted by Gasteiger charge is 2.22. The SMILES string of the molecule is CNCCC1CCN(C(=O)CCc2c(C)noc2C)CC1.Cl. The second kappa shape index (κ2) is 9.16. The van der Waals surface area contributed by atoms with E-state index in [4.69, 9.17) is 4.52 Å². The van der Waals surface area contributed by atoms with Crippen LogP contribution < -0.4 is 5.32 Å². The first-order valence-electron chi connectivity index (χ1n) is 7.96. The molecule has 0 bridgehead atoms. The second-order valence-electron chi connectivity index (χ2n) is 6.02. The minimum absolute atomic E-state index is 0. The molecule has 2 heterocycles. The van der Waals surface area contributed by atoms with Gasteiger partial charge >= 0.3 is 0 Å². The van der Waals surface area contributed by atoms with E-state index in [1.54, 1.807) is 0 Å². The summed E-state index contributed by atoms with van der Waals surface area (Å²) in [5.41, 5.74) is 2.00. The summed E-state index contributed by atoms with van der Waals surface area (Å²) >= 11 is 0. The van der Waals surface area contributed by atoms with Crippen LogP contribution >= 0.6 is 12.4 Å². The molecule has 1 aromatic heterocycles. The first-order valence-corrected chi connectivity index (χ1v) is 7.96. The van der Waals surface area contributed by atoms with Gasteiger partial charge in [-0.05, 0) is 59.0 Å². The molecule has 1 amide bonds. The van der Waals surface area contributed by atoms with Crippen molar-refractivity contribution >= 4 is 18.3 Å². The van der Waals surface area contributed by atoms with E-state index in [2.05, 4.69) is 10.5 Å². The first kappa shape index (κ1) is 19.0.